The highest BCUT2D eigenvalue weighted by Crippen LogP contribution is 2.19. The number of nitrogens with one attached hydrogen (secondary N) is 2. The Kier molecular flexibility index (Phi) is 5.40. The summed E-state index contributed by atoms with van der Waals surface area (Å²) in [7, 11) is 0. The zero-order chi connectivity index (χ0) is 11.1. The number of hydrogen-bond donors (Lipinski definition) is 2. The smallest absolute Gasteiger partial charge is 0.233 e. The number of hydrogen-bond acceptors (Lipinski definition) is 2. The quantitative estimate of drug-likeness (QED) is 0.654. The van der Waals surface area contributed by atoms with Gasteiger partial charge in [0.05, 0.1) is 6.54 Å². The molecule has 1 aliphatic rings. The predicted octanol–water partition coefficient (Wildman–Crippen LogP) is 1.60. The lowest BCUT2D eigenvalue weighted by Gasteiger charge is -2.09. The van der Waals surface area contributed by atoms with Crippen LogP contribution in [0.3, 0.4) is 0 Å². The van der Waals surface area contributed by atoms with Crippen LogP contribution in [0.1, 0.15) is 39.5 Å². The van der Waals surface area contributed by atoms with Crippen LogP contribution in [-0.2, 0) is 4.79 Å². The molecule has 0 bridgehead atoms. The summed E-state index contributed by atoms with van der Waals surface area (Å²) in [4.78, 5) is 11.3. The van der Waals surface area contributed by atoms with Gasteiger partial charge in [-0.2, -0.15) is 0 Å². The van der Waals surface area contributed by atoms with Gasteiger partial charge in [-0.25, -0.2) is 0 Å². The van der Waals surface area contributed by atoms with Crippen molar-refractivity contribution < 1.29 is 4.79 Å². The fourth-order valence-electron chi connectivity index (χ4n) is 1.69. The van der Waals surface area contributed by atoms with E-state index in [1.54, 1.807) is 0 Å². The van der Waals surface area contributed by atoms with Gasteiger partial charge in [-0.15, -0.1) is 0 Å². The average molecular weight is 210 g/mol. The van der Waals surface area contributed by atoms with E-state index in [4.69, 9.17) is 0 Å². The third-order valence-electron chi connectivity index (χ3n) is 2.57. The highest BCUT2D eigenvalue weighted by Gasteiger charge is 2.05. The molecular weight excluding hydrogens is 188 g/mol. The summed E-state index contributed by atoms with van der Waals surface area (Å²) < 4.78 is 0. The summed E-state index contributed by atoms with van der Waals surface area (Å²) in [5.41, 5.74) is 1.51. The molecule has 1 aliphatic carbocycles. The summed E-state index contributed by atoms with van der Waals surface area (Å²) >= 11 is 0. The Balaban J connectivity index is 2.01. The van der Waals surface area contributed by atoms with Gasteiger partial charge in [-0.1, -0.05) is 25.5 Å². The van der Waals surface area contributed by atoms with Crippen LogP contribution in [0.4, 0.5) is 0 Å². The van der Waals surface area contributed by atoms with Crippen LogP contribution < -0.4 is 10.6 Å². The Morgan fingerprint density at radius 3 is 2.93 bits per heavy atom. The van der Waals surface area contributed by atoms with E-state index in [2.05, 4.69) is 16.7 Å². The van der Waals surface area contributed by atoms with Crippen molar-refractivity contribution in [2.45, 2.75) is 45.6 Å². The van der Waals surface area contributed by atoms with Gasteiger partial charge < -0.3 is 10.6 Å². The molecule has 0 aromatic carbocycles. The lowest BCUT2D eigenvalue weighted by Crippen LogP contribution is -2.37. The van der Waals surface area contributed by atoms with Crippen LogP contribution in [-0.4, -0.2) is 25.0 Å². The molecule has 0 aromatic heterocycles. The summed E-state index contributed by atoms with van der Waals surface area (Å²) in [6.45, 7) is 5.29. The van der Waals surface area contributed by atoms with Crippen molar-refractivity contribution in [2.24, 2.45) is 0 Å². The van der Waals surface area contributed by atoms with Gasteiger partial charge in [0.1, 0.15) is 0 Å². The van der Waals surface area contributed by atoms with Gasteiger partial charge in [0.2, 0.25) is 5.91 Å². The van der Waals surface area contributed by atoms with Crippen LogP contribution in [0.15, 0.2) is 11.6 Å². The first-order chi connectivity index (χ1) is 7.18. The van der Waals surface area contributed by atoms with Crippen LogP contribution in [0.25, 0.3) is 0 Å². The van der Waals surface area contributed by atoms with Crippen LogP contribution >= 0.6 is 0 Å². The lowest BCUT2D eigenvalue weighted by molar-refractivity contribution is -0.120. The Hall–Kier alpha value is -0.830. The molecule has 0 aromatic rings. The fraction of sp³-hybridized carbons (Fsp3) is 0.750. The summed E-state index contributed by atoms with van der Waals surface area (Å²) in [6, 6.07) is 0.369. The molecular formula is C12H22N2O. The molecule has 0 spiro atoms. The largest absolute Gasteiger partial charge is 0.355 e. The van der Waals surface area contributed by atoms with E-state index in [0.717, 1.165) is 13.0 Å². The van der Waals surface area contributed by atoms with E-state index in [9.17, 15) is 4.79 Å². The minimum absolute atomic E-state index is 0.0993. The zero-order valence-electron chi connectivity index (χ0n) is 9.81. The fourth-order valence-corrected chi connectivity index (χ4v) is 1.69. The standard InChI is InChI=1S/C12H22N2O/c1-10(2)14-9-12(15)13-8-7-11-5-3-4-6-11/h5,10,14H,3-4,6-9H2,1-2H3,(H,13,15). The number of allylic oxidation sites excluding steroid dienone is 1. The van der Waals surface area contributed by atoms with Crippen molar-refractivity contribution in [1.29, 1.82) is 0 Å². The van der Waals surface area contributed by atoms with Crippen LogP contribution in [0.5, 0.6) is 0 Å². The van der Waals surface area contributed by atoms with Crippen molar-refractivity contribution in [3.8, 4) is 0 Å². The molecule has 0 saturated heterocycles. The molecule has 86 valence electrons. The Labute approximate surface area is 92.3 Å². The SMILES string of the molecule is CC(C)NCC(=O)NCCC1=CCCC1. The molecule has 0 aliphatic heterocycles. The van der Waals surface area contributed by atoms with Crippen LogP contribution in [0, 0.1) is 0 Å². The van der Waals surface area contributed by atoms with Crippen molar-refractivity contribution in [3.05, 3.63) is 11.6 Å². The average Bonchev–Trinajstić information content (AvgIpc) is 2.67. The van der Waals surface area contributed by atoms with Gasteiger partial charge >= 0.3 is 0 Å². The van der Waals surface area contributed by atoms with E-state index in [1.165, 1.54) is 24.8 Å². The molecule has 0 radical (unpaired) electrons. The van der Waals surface area contributed by atoms with E-state index in [0.29, 0.717) is 12.6 Å². The molecule has 3 heteroatoms. The van der Waals surface area contributed by atoms with Gasteiger partial charge in [-0.3, -0.25) is 4.79 Å². The summed E-state index contributed by atoms with van der Waals surface area (Å²) in [5, 5.41) is 6.02. The second-order valence-corrected chi connectivity index (χ2v) is 4.39. The van der Waals surface area contributed by atoms with Gasteiger partial charge in [0.15, 0.2) is 0 Å². The monoisotopic (exact) mass is 210 g/mol. The molecule has 1 rings (SSSR count). The number of rotatable bonds is 6. The third-order valence-corrected chi connectivity index (χ3v) is 2.57. The molecule has 2 N–H and O–H groups in total. The van der Waals surface area contributed by atoms with Gasteiger partial charge in [0.25, 0.3) is 0 Å². The number of carbonyl (C=O) groups excluding carboxylic acids is 1. The van der Waals surface area contributed by atoms with E-state index >= 15 is 0 Å². The lowest BCUT2D eigenvalue weighted by atomic mass is 10.2. The maximum absolute atomic E-state index is 11.3. The summed E-state index contributed by atoms with van der Waals surface area (Å²) in [6.07, 6.45) is 7.06. The van der Waals surface area contributed by atoms with Crippen molar-refractivity contribution >= 4 is 5.91 Å². The zero-order valence-corrected chi connectivity index (χ0v) is 9.81. The first kappa shape index (κ1) is 12.2. The molecule has 15 heavy (non-hydrogen) atoms. The predicted molar refractivity (Wildman–Crippen MR) is 62.7 cm³/mol. The normalized spacial score (nSPS) is 15.5. The highest BCUT2D eigenvalue weighted by molar-refractivity contribution is 5.77. The second-order valence-electron chi connectivity index (χ2n) is 4.39. The molecule has 0 heterocycles. The first-order valence-corrected chi connectivity index (χ1v) is 5.86. The van der Waals surface area contributed by atoms with Crippen molar-refractivity contribution in [1.82, 2.24) is 10.6 Å². The van der Waals surface area contributed by atoms with Gasteiger partial charge in [-0.05, 0) is 25.7 Å². The molecule has 0 saturated carbocycles. The molecule has 3 nitrogen and oxygen atoms in total. The third kappa shape index (κ3) is 5.57. The Morgan fingerprint density at radius 2 is 2.33 bits per heavy atom. The van der Waals surface area contributed by atoms with E-state index in [1.807, 2.05) is 13.8 Å². The van der Waals surface area contributed by atoms with Crippen LogP contribution in [0.2, 0.25) is 0 Å². The molecule has 1 amide bonds. The molecule has 0 atom stereocenters. The Bertz CT molecular complexity index is 234. The molecule has 0 fully saturated rings. The minimum Gasteiger partial charge on any atom is -0.355 e. The number of amides is 1. The Morgan fingerprint density at radius 1 is 1.53 bits per heavy atom. The number of carbonyl (C=O) groups is 1. The highest BCUT2D eigenvalue weighted by atomic mass is 16.1. The van der Waals surface area contributed by atoms with E-state index in [-0.39, 0.29) is 5.91 Å². The van der Waals surface area contributed by atoms with Crippen molar-refractivity contribution in [2.75, 3.05) is 13.1 Å². The van der Waals surface area contributed by atoms with Crippen molar-refractivity contribution in [3.63, 3.8) is 0 Å². The van der Waals surface area contributed by atoms with Gasteiger partial charge in [0, 0.05) is 12.6 Å². The minimum atomic E-state index is 0.0993. The summed E-state index contributed by atoms with van der Waals surface area (Å²) in [5.74, 6) is 0.0993. The maximum Gasteiger partial charge on any atom is 0.233 e. The maximum atomic E-state index is 11.3. The molecule has 0 unspecified atom stereocenters. The first-order valence-electron chi connectivity index (χ1n) is 5.86. The van der Waals surface area contributed by atoms with E-state index < -0.39 is 0 Å². The topological polar surface area (TPSA) is 41.1 Å². The second kappa shape index (κ2) is 6.62.